The Balaban J connectivity index is 1.70. The molecule has 2 N–H and O–H groups in total. The van der Waals surface area contributed by atoms with Crippen LogP contribution in [0, 0.1) is 0 Å². The molecule has 1 aromatic carbocycles. The number of nitrogens with zero attached hydrogens (tertiary/aromatic N) is 2. The molecular weight excluding hydrogens is 363 g/mol. The number of carbonyl (C=O) groups excluding carboxylic acids is 2. The van der Waals surface area contributed by atoms with Crippen molar-refractivity contribution in [2.75, 3.05) is 51.1 Å². The molecule has 1 aliphatic heterocycles. The number of nitrogens with one attached hydrogen (secondary N) is 2. The zero-order valence-corrected chi connectivity index (χ0v) is 15.9. The summed E-state index contributed by atoms with van der Waals surface area (Å²) in [6.45, 7) is 7.03. The number of piperazine rings is 1. The van der Waals surface area contributed by atoms with E-state index in [1.165, 1.54) is 0 Å². The monoisotopic (exact) mass is 386 g/mol. The van der Waals surface area contributed by atoms with E-state index in [2.05, 4.69) is 20.4 Å². The number of hydrogen-bond acceptors (Lipinski definition) is 4. The van der Waals surface area contributed by atoms with Crippen LogP contribution in [0.2, 0.25) is 10.0 Å². The second kappa shape index (κ2) is 9.97. The fourth-order valence-electron chi connectivity index (χ4n) is 2.71. The van der Waals surface area contributed by atoms with Crippen LogP contribution in [0.15, 0.2) is 18.2 Å². The number of hydrogen-bond donors (Lipinski definition) is 2. The number of amides is 2. The van der Waals surface area contributed by atoms with Crippen molar-refractivity contribution in [1.82, 2.24) is 15.1 Å². The van der Waals surface area contributed by atoms with Crippen LogP contribution in [0.4, 0.5) is 5.69 Å². The topological polar surface area (TPSA) is 64.7 Å². The molecule has 1 aromatic rings. The number of halogens is 2. The number of anilines is 1. The van der Waals surface area contributed by atoms with Crippen LogP contribution in [-0.2, 0) is 9.59 Å². The van der Waals surface area contributed by atoms with E-state index in [1.807, 2.05) is 6.92 Å². The Hall–Kier alpha value is -1.34. The minimum atomic E-state index is -0.111. The Kier molecular flexibility index (Phi) is 7.96. The quantitative estimate of drug-likeness (QED) is 0.752. The van der Waals surface area contributed by atoms with Crippen molar-refractivity contribution < 1.29 is 9.59 Å². The van der Waals surface area contributed by atoms with E-state index in [0.29, 0.717) is 41.8 Å². The lowest BCUT2D eigenvalue weighted by atomic mass is 10.2. The summed E-state index contributed by atoms with van der Waals surface area (Å²) in [7, 11) is 0. The normalized spacial score (nSPS) is 15.8. The van der Waals surface area contributed by atoms with Gasteiger partial charge in [0.1, 0.15) is 0 Å². The lowest BCUT2D eigenvalue weighted by Crippen LogP contribution is -2.49. The summed E-state index contributed by atoms with van der Waals surface area (Å²) in [6.07, 6.45) is 0.373. The van der Waals surface area contributed by atoms with Crippen molar-refractivity contribution in [1.29, 1.82) is 0 Å². The molecule has 0 radical (unpaired) electrons. The van der Waals surface area contributed by atoms with Gasteiger partial charge in [-0.05, 0) is 19.1 Å². The minimum absolute atomic E-state index is 0.0620. The molecule has 6 nitrogen and oxygen atoms in total. The van der Waals surface area contributed by atoms with Gasteiger partial charge in [0.05, 0.1) is 22.3 Å². The van der Waals surface area contributed by atoms with E-state index in [1.54, 1.807) is 18.2 Å². The molecule has 25 heavy (non-hydrogen) atoms. The molecule has 0 aromatic heterocycles. The van der Waals surface area contributed by atoms with Gasteiger partial charge in [0.25, 0.3) is 0 Å². The highest BCUT2D eigenvalue weighted by molar-refractivity contribution is 6.39. The van der Waals surface area contributed by atoms with Crippen molar-refractivity contribution in [2.24, 2.45) is 0 Å². The molecule has 0 unspecified atom stereocenters. The van der Waals surface area contributed by atoms with Crippen LogP contribution >= 0.6 is 23.2 Å². The maximum atomic E-state index is 12.1. The molecule has 8 heteroatoms. The summed E-state index contributed by atoms with van der Waals surface area (Å²) in [5.74, 6) is -0.0494. The van der Waals surface area contributed by atoms with Gasteiger partial charge in [0, 0.05) is 45.7 Å². The van der Waals surface area contributed by atoms with Gasteiger partial charge in [-0.25, -0.2) is 0 Å². The number of rotatable bonds is 7. The van der Waals surface area contributed by atoms with Gasteiger partial charge in [-0.2, -0.15) is 0 Å². The number of carbonyl (C=O) groups is 2. The van der Waals surface area contributed by atoms with Gasteiger partial charge < -0.3 is 15.5 Å². The molecular formula is C17H24Cl2N4O2. The average molecular weight is 387 g/mol. The summed E-state index contributed by atoms with van der Waals surface area (Å²) >= 11 is 12.1. The Morgan fingerprint density at radius 3 is 2.24 bits per heavy atom. The van der Waals surface area contributed by atoms with Crippen molar-refractivity contribution in [3.63, 3.8) is 0 Å². The van der Waals surface area contributed by atoms with Crippen LogP contribution in [-0.4, -0.2) is 67.4 Å². The fraction of sp³-hybridized carbons (Fsp3) is 0.529. The molecule has 0 spiro atoms. The van der Waals surface area contributed by atoms with Crippen LogP contribution in [0.3, 0.4) is 0 Å². The van der Waals surface area contributed by atoms with Gasteiger partial charge in [0.15, 0.2) is 0 Å². The summed E-state index contributed by atoms with van der Waals surface area (Å²) < 4.78 is 0. The Morgan fingerprint density at radius 1 is 1.04 bits per heavy atom. The second-order valence-corrected chi connectivity index (χ2v) is 6.78. The third-order valence-electron chi connectivity index (χ3n) is 4.09. The molecule has 0 saturated carbocycles. The highest BCUT2D eigenvalue weighted by atomic mass is 35.5. The third kappa shape index (κ3) is 6.47. The van der Waals surface area contributed by atoms with Crippen LogP contribution < -0.4 is 10.6 Å². The first-order valence-corrected chi connectivity index (χ1v) is 9.20. The molecule has 0 bridgehead atoms. The number of para-hydroxylation sites is 1. The van der Waals surface area contributed by atoms with Crippen molar-refractivity contribution in [3.05, 3.63) is 28.2 Å². The predicted octanol–water partition coefficient (Wildman–Crippen LogP) is 2.08. The summed E-state index contributed by atoms with van der Waals surface area (Å²) in [4.78, 5) is 28.1. The summed E-state index contributed by atoms with van der Waals surface area (Å²) in [5, 5.41) is 6.44. The Bertz CT molecular complexity index is 584. The largest absolute Gasteiger partial charge is 0.355 e. The van der Waals surface area contributed by atoms with Crippen LogP contribution in [0.1, 0.15) is 13.3 Å². The molecule has 0 atom stereocenters. The lowest BCUT2D eigenvalue weighted by Gasteiger charge is -2.34. The number of likely N-dealkylation sites (N-methyl/N-ethyl adjacent to an activating group) is 1. The zero-order valence-electron chi connectivity index (χ0n) is 14.4. The van der Waals surface area contributed by atoms with Crippen molar-refractivity contribution in [3.8, 4) is 0 Å². The molecule has 138 valence electrons. The maximum Gasteiger partial charge on any atom is 0.234 e. The Labute approximate surface area is 158 Å². The highest BCUT2D eigenvalue weighted by Gasteiger charge is 2.19. The molecule has 0 aliphatic carbocycles. The van der Waals surface area contributed by atoms with E-state index in [4.69, 9.17) is 23.2 Å². The SMILES string of the molecule is CCNC(=O)CN1CCN(CCC(=O)Nc2c(Cl)cccc2Cl)CC1. The second-order valence-electron chi connectivity index (χ2n) is 5.97. The van der Waals surface area contributed by atoms with Crippen molar-refractivity contribution in [2.45, 2.75) is 13.3 Å². The molecule has 2 amide bonds. The van der Waals surface area contributed by atoms with Gasteiger partial charge in [-0.1, -0.05) is 29.3 Å². The van der Waals surface area contributed by atoms with E-state index >= 15 is 0 Å². The first-order valence-electron chi connectivity index (χ1n) is 8.45. The standard InChI is InChI=1S/C17H24Cl2N4O2/c1-2-20-16(25)12-23-10-8-22(9-11-23)7-6-15(24)21-17-13(18)4-3-5-14(17)19/h3-5H,2,6-12H2,1H3,(H,20,25)(H,21,24). The smallest absolute Gasteiger partial charge is 0.234 e. The van der Waals surface area contributed by atoms with Gasteiger partial charge in [-0.15, -0.1) is 0 Å². The van der Waals surface area contributed by atoms with E-state index < -0.39 is 0 Å². The van der Waals surface area contributed by atoms with Gasteiger partial charge >= 0.3 is 0 Å². The molecule has 1 aliphatic rings. The lowest BCUT2D eigenvalue weighted by molar-refractivity contribution is -0.122. The van der Waals surface area contributed by atoms with Gasteiger partial charge in [-0.3, -0.25) is 14.5 Å². The Morgan fingerprint density at radius 2 is 1.64 bits per heavy atom. The maximum absolute atomic E-state index is 12.1. The summed E-state index contributed by atoms with van der Waals surface area (Å²) in [5.41, 5.74) is 0.461. The van der Waals surface area contributed by atoms with Gasteiger partial charge in [0.2, 0.25) is 11.8 Å². The van der Waals surface area contributed by atoms with E-state index in [-0.39, 0.29) is 11.8 Å². The van der Waals surface area contributed by atoms with E-state index in [9.17, 15) is 9.59 Å². The highest BCUT2D eigenvalue weighted by Crippen LogP contribution is 2.29. The minimum Gasteiger partial charge on any atom is -0.355 e. The average Bonchev–Trinajstić information content (AvgIpc) is 2.58. The molecule has 2 rings (SSSR count). The zero-order chi connectivity index (χ0) is 18.2. The predicted molar refractivity (Wildman–Crippen MR) is 101 cm³/mol. The molecule has 1 saturated heterocycles. The van der Waals surface area contributed by atoms with Crippen LogP contribution in [0.25, 0.3) is 0 Å². The first kappa shape index (κ1) is 20.0. The number of benzene rings is 1. The first-order chi connectivity index (χ1) is 12.0. The third-order valence-corrected chi connectivity index (χ3v) is 4.72. The fourth-order valence-corrected chi connectivity index (χ4v) is 3.20. The van der Waals surface area contributed by atoms with Crippen LogP contribution in [0.5, 0.6) is 0 Å². The summed E-state index contributed by atoms with van der Waals surface area (Å²) in [6, 6.07) is 5.12. The molecule has 1 heterocycles. The molecule has 1 fully saturated rings. The van der Waals surface area contributed by atoms with Crippen molar-refractivity contribution >= 4 is 40.7 Å². The van der Waals surface area contributed by atoms with E-state index in [0.717, 1.165) is 26.2 Å².